The molecule has 0 unspecified atom stereocenters. The normalized spacial score (nSPS) is 10.6. The quantitative estimate of drug-likeness (QED) is 0.537. The number of aromatic nitrogens is 2. The van der Waals surface area contributed by atoms with Crippen molar-refractivity contribution in [3.8, 4) is 0 Å². The van der Waals surface area contributed by atoms with Crippen LogP contribution in [0.1, 0.15) is 21.5 Å². The topological polar surface area (TPSA) is 54.9 Å². The fourth-order valence-electron chi connectivity index (χ4n) is 2.04. The first kappa shape index (κ1) is 16.6. The third-order valence-corrected chi connectivity index (χ3v) is 5.38. The number of halogens is 1. The minimum atomic E-state index is -0.561. The van der Waals surface area contributed by atoms with Crippen LogP contribution in [-0.4, -0.2) is 16.1 Å². The van der Waals surface area contributed by atoms with Crippen molar-refractivity contribution < 1.29 is 9.18 Å². The van der Waals surface area contributed by atoms with Crippen LogP contribution in [0, 0.1) is 12.7 Å². The second-order valence-corrected chi connectivity index (χ2v) is 7.22. The van der Waals surface area contributed by atoms with Crippen LogP contribution >= 0.6 is 23.1 Å². The second kappa shape index (κ2) is 7.55. The number of hydrogen-bond donors (Lipinski definition) is 1. The number of benzene rings is 2. The van der Waals surface area contributed by atoms with Crippen LogP contribution in [-0.2, 0) is 5.75 Å². The molecule has 0 atom stereocenters. The van der Waals surface area contributed by atoms with Crippen LogP contribution < -0.4 is 5.32 Å². The number of aryl methyl sites for hydroxylation is 1. The van der Waals surface area contributed by atoms with Gasteiger partial charge in [0.05, 0.1) is 5.56 Å². The molecule has 0 radical (unpaired) electrons. The van der Waals surface area contributed by atoms with Crippen LogP contribution in [0.5, 0.6) is 0 Å². The summed E-state index contributed by atoms with van der Waals surface area (Å²) in [6.45, 7) is 2.07. The Bertz CT molecular complexity index is 866. The van der Waals surface area contributed by atoms with Crippen molar-refractivity contribution in [1.29, 1.82) is 0 Å². The Morgan fingerprint density at radius 2 is 1.92 bits per heavy atom. The summed E-state index contributed by atoms with van der Waals surface area (Å²) in [4.78, 5) is 12.0. The van der Waals surface area contributed by atoms with E-state index in [0.29, 0.717) is 5.13 Å². The van der Waals surface area contributed by atoms with E-state index in [1.807, 2.05) is 12.1 Å². The number of carbonyl (C=O) groups excluding carboxylic acids is 1. The number of amides is 1. The first-order valence-electron chi connectivity index (χ1n) is 7.20. The molecule has 1 aromatic heterocycles. The number of anilines is 1. The summed E-state index contributed by atoms with van der Waals surface area (Å²) in [6.07, 6.45) is 0. The van der Waals surface area contributed by atoms with Crippen molar-refractivity contribution in [3.05, 3.63) is 71.0 Å². The van der Waals surface area contributed by atoms with E-state index in [1.165, 1.54) is 40.7 Å². The van der Waals surface area contributed by atoms with Crippen LogP contribution in [0.15, 0.2) is 52.9 Å². The van der Waals surface area contributed by atoms with Gasteiger partial charge in [-0.05, 0) is 30.2 Å². The zero-order chi connectivity index (χ0) is 16.9. The van der Waals surface area contributed by atoms with E-state index < -0.39 is 11.7 Å². The summed E-state index contributed by atoms with van der Waals surface area (Å²) < 4.78 is 14.3. The summed E-state index contributed by atoms with van der Waals surface area (Å²) in [7, 11) is 0. The molecule has 0 aliphatic carbocycles. The highest BCUT2D eigenvalue weighted by Crippen LogP contribution is 2.29. The molecule has 4 nitrogen and oxygen atoms in total. The molecule has 0 aliphatic heterocycles. The zero-order valence-electron chi connectivity index (χ0n) is 12.8. The molecular formula is C17H14FN3OS2. The Balaban J connectivity index is 1.63. The summed E-state index contributed by atoms with van der Waals surface area (Å²) in [5, 5.41) is 10.9. The Morgan fingerprint density at radius 1 is 1.17 bits per heavy atom. The Labute approximate surface area is 147 Å². The molecule has 1 heterocycles. The number of nitrogens with one attached hydrogen (secondary N) is 1. The highest BCUT2D eigenvalue weighted by molar-refractivity contribution is 8.00. The zero-order valence-corrected chi connectivity index (χ0v) is 14.5. The molecule has 0 saturated carbocycles. The van der Waals surface area contributed by atoms with Gasteiger partial charge < -0.3 is 0 Å². The molecule has 2 aromatic carbocycles. The van der Waals surface area contributed by atoms with Crippen molar-refractivity contribution in [2.24, 2.45) is 0 Å². The third kappa shape index (κ3) is 3.98. The molecule has 0 aliphatic rings. The predicted octanol–water partition coefficient (Wildman–Crippen LogP) is 4.53. The molecule has 7 heteroatoms. The van der Waals surface area contributed by atoms with Gasteiger partial charge in [0.15, 0.2) is 4.34 Å². The molecule has 1 amide bonds. The maximum Gasteiger partial charge on any atom is 0.260 e. The molecule has 24 heavy (non-hydrogen) atoms. The van der Waals surface area contributed by atoms with Crippen LogP contribution in [0.25, 0.3) is 0 Å². The van der Waals surface area contributed by atoms with Gasteiger partial charge in [-0.3, -0.25) is 10.1 Å². The minimum Gasteiger partial charge on any atom is -0.296 e. The van der Waals surface area contributed by atoms with Crippen molar-refractivity contribution in [3.63, 3.8) is 0 Å². The fraction of sp³-hybridized carbons (Fsp3) is 0.118. The van der Waals surface area contributed by atoms with E-state index >= 15 is 0 Å². The maximum atomic E-state index is 13.6. The molecule has 0 fully saturated rings. The van der Waals surface area contributed by atoms with Gasteiger partial charge in [-0.15, -0.1) is 10.2 Å². The monoisotopic (exact) mass is 359 g/mol. The fourth-order valence-corrected chi connectivity index (χ4v) is 3.86. The molecular weight excluding hydrogens is 345 g/mol. The van der Waals surface area contributed by atoms with Crippen LogP contribution in [0.3, 0.4) is 0 Å². The molecule has 0 spiro atoms. The third-order valence-electron chi connectivity index (χ3n) is 3.36. The Morgan fingerprint density at radius 3 is 2.71 bits per heavy atom. The van der Waals surface area contributed by atoms with Gasteiger partial charge in [0, 0.05) is 5.75 Å². The van der Waals surface area contributed by atoms with E-state index in [-0.39, 0.29) is 5.56 Å². The van der Waals surface area contributed by atoms with Crippen molar-refractivity contribution in [1.82, 2.24) is 10.2 Å². The number of rotatable bonds is 5. The number of nitrogens with zero attached hydrogens (tertiary/aromatic N) is 2. The lowest BCUT2D eigenvalue weighted by atomic mass is 10.1. The van der Waals surface area contributed by atoms with Crippen LogP contribution in [0.4, 0.5) is 9.52 Å². The highest BCUT2D eigenvalue weighted by atomic mass is 32.2. The number of thioether (sulfide) groups is 1. The van der Waals surface area contributed by atoms with Gasteiger partial charge in [-0.25, -0.2) is 4.39 Å². The Hall–Kier alpha value is -2.25. The molecule has 3 rings (SSSR count). The smallest absolute Gasteiger partial charge is 0.260 e. The summed E-state index contributed by atoms with van der Waals surface area (Å²) in [6, 6.07) is 14.0. The van der Waals surface area contributed by atoms with E-state index in [1.54, 1.807) is 17.8 Å². The van der Waals surface area contributed by atoms with E-state index in [4.69, 9.17) is 0 Å². The van der Waals surface area contributed by atoms with E-state index in [2.05, 4.69) is 34.6 Å². The van der Waals surface area contributed by atoms with Gasteiger partial charge in [0.25, 0.3) is 5.91 Å². The lowest BCUT2D eigenvalue weighted by Gasteiger charge is -2.02. The van der Waals surface area contributed by atoms with E-state index in [9.17, 15) is 9.18 Å². The SMILES string of the molecule is Cc1ccccc1CSc1nnc(NC(=O)c2ccccc2F)s1. The highest BCUT2D eigenvalue weighted by Gasteiger charge is 2.14. The average Bonchev–Trinajstić information content (AvgIpc) is 3.02. The van der Waals surface area contributed by atoms with Crippen molar-refractivity contribution >= 4 is 34.1 Å². The first-order chi connectivity index (χ1) is 11.6. The number of hydrogen-bond acceptors (Lipinski definition) is 5. The van der Waals surface area contributed by atoms with Gasteiger partial charge in [-0.1, -0.05) is 59.5 Å². The summed E-state index contributed by atoms with van der Waals surface area (Å²) >= 11 is 2.83. The molecule has 122 valence electrons. The van der Waals surface area contributed by atoms with Crippen molar-refractivity contribution in [2.45, 2.75) is 17.0 Å². The largest absolute Gasteiger partial charge is 0.296 e. The second-order valence-electron chi connectivity index (χ2n) is 5.02. The predicted molar refractivity (Wildman–Crippen MR) is 95.0 cm³/mol. The van der Waals surface area contributed by atoms with E-state index in [0.717, 1.165) is 10.1 Å². The van der Waals surface area contributed by atoms with Gasteiger partial charge >= 0.3 is 0 Å². The van der Waals surface area contributed by atoms with Crippen LogP contribution in [0.2, 0.25) is 0 Å². The number of carbonyl (C=O) groups is 1. The standard InChI is InChI=1S/C17H14FN3OS2/c1-11-6-2-3-7-12(11)10-23-17-21-20-16(24-17)19-15(22)13-8-4-5-9-14(13)18/h2-9H,10H2,1H3,(H,19,20,22). The van der Waals surface area contributed by atoms with Gasteiger partial charge in [0.2, 0.25) is 5.13 Å². The average molecular weight is 359 g/mol. The lowest BCUT2D eigenvalue weighted by Crippen LogP contribution is -2.13. The summed E-state index contributed by atoms with van der Waals surface area (Å²) in [5.41, 5.74) is 2.44. The molecule has 3 aromatic rings. The Kier molecular flexibility index (Phi) is 5.22. The molecule has 0 saturated heterocycles. The molecule has 1 N–H and O–H groups in total. The first-order valence-corrected chi connectivity index (χ1v) is 9.00. The molecule has 0 bridgehead atoms. The van der Waals surface area contributed by atoms with Gasteiger partial charge in [-0.2, -0.15) is 0 Å². The minimum absolute atomic E-state index is 0.0122. The maximum absolute atomic E-state index is 13.6. The lowest BCUT2D eigenvalue weighted by molar-refractivity contribution is 0.102. The van der Waals surface area contributed by atoms with Crippen molar-refractivity contribution in [2.75, 3.05) is 5.32 Å². The van der Waals surface area contributed by atoms with Gasteiger partial charge in [0.1, 0.15) is 5.82 Å². The summed E-state index contributed by atoms with van der Waals surface area (Å²) in [5.74, 6) is -0.309.